The van der Waals surface area contributed by atoms with Crippen LogP contribution < -0.4 is 17.3 Å². The Morgan fingerprint density at radius 2 is 1.87 bits per heavy atom. The SMILES string of the molecule is Cc1noc(C)c1-c1c(-c2ccc(N)cc2)csc1/C(N)=N/N. The molecule has 0 unspecified atom stereocenters. The predicted molar refractivity (Wildman–Crippen MR) is 94.1 cm³/mol. The molecule has 0 saturated heterocycles. The van der Waals surface area contributed by atoms with Crippen LogP contribution in [0.4, 0.5) is 5.69 Å². The molecule has 0 bridgehead atoms. The van der Waals surface area contributed by atoms with Crippen molar-refractivity contribution in [1.29, 1.82) is 0 Å². The Balaban J connectivity index is 2.30. The fraction of sp³-hybridized carbons (Fsp3) is 0.125. The Labute approximate surface area is 137 Å². The van der Waals surface area contributed by atoms with Gasteiger partial charge in [-0.05, 0) is 36.9 Å². The molecule has 0 aliphatic rings. The van der Waals surface area contributed by atoms with Gasteiger partial charge in [-0.15, -0.1) is 11.3 Å². The zero-order chi connectivity index (χ0) is 16.6. The number of aromatic nitrogens is 1. The number of hydrazone groups is 1. The van der Waals surface area contributed by atoms with Crippen LogP contribution in [0, 0.1) is 13.8 Å². The first-order valence-electron chi connectivity index (χ1n) is 6.97. The first-order chi connectivity index (χ1) is 11.0. The van der Waals surface area contributed by atoms with Gasteiger partial charge in [0.25, 0.3) is 0 Å². The van der Waals surface area contributed by atoms with Crippen LogP contribution in [0.25, 0.3) is 22.3 Å². The Morgan fingerprint density at radius 1 is 1.17 bits per heavy atom. The van der Waals surface area contributed by atoms with E-state index < -0.39 is 0 Å². The lowest BCUT2D eigenvalue weighted by molar-refractivity contribution is 0.393. The number of amidine groups is 1. The number of anilines is 1. The maximum Gasteiger partial charge on any atom is 0.161 e. The molecule has 6 nitrogen and oxygen atoms in total. The summed E-state index contributed by atoms with van der Waals surface area (Å²) in [5.74, 6) is 6.39. The van der Waals surface area contributed by atoms with Crippen LogP contribution >= 0.6 is 11.3 Å². The first-order valence-corrected chi connectivity index (χ1v) is 7.85. The summed E-state index contributed by atoms with van der Waals surface area (Å²) in [4.78, 5) is 0.800. The van der Waals surface area contributed by atoms with Crippen molar-refractivity contribution in [3.8, 4) is 22.3 Å². The second kappa shape index (κ2) is 5.77. The lowest BCUT2D eigenvalue weighted by Gasteiger charge is -2.08. The van der Waals surface area contributed by atoms with E-state index in [4.69, 9.17) is 21.8 Å². The second-order valence-corrected chi connectivity index (χ2v) is 6.07. The van der Waals surface area contributed by atoms with E-state index in [1.165, 1.54) is 11.3 Å². The molecule has 23 heavy (non-hydrogen) atoms. The minimum Gasteiger partial charge on any atom is -0.399 e. The van der Waals surface area contributed by atoms with Crippen molar-refractivity contribution in [1.82, 2.24) is 5.16 Å². The second-order valence-electron chi connectivity index (χ2n) is 5.19. The highest BCUT2D eigenvalue weighted by Gasteiger charge is 2.23. The molecule has 0 amide bonds. The number of benzene rings is 1. The Bertz CT molecular complexity index is 857. The van der Waals surface area contributed by atoms with E-state index in [-0.39, 0.29) is 5.84 Å². The quantitative estimate of drug-likeness (QED) is 0.225. The fourth-order valence-electron chi connectivity index (χ4n) is 2.57. The average Bonchev–Trinajstić information content (AvgIpc) is 3.11. The van der Waals surface area contributed by atoms with E-state index in [9.17, 15) is 0 Å². The topological polar surface area (TPSA) is 116 Å². The number of hydrogen-bond acceptors (Lipinski definition) is 6. The third-order valence-corrected chi connectivity index (χ3v) is 4.67. The molecular formula is C16H17N5OS. The van der Waals surface area contributed by atoms with Gasteiger partial charge in [-0.2, -0.15) is 5.10 Å². The minimum atomic E-state index is 0.284. The van der Waals surface area contributed by atoms with Crippen molar-refractivity contribution in [3.63, 3.8) is 0 Å². The molecule has 6 N–H and O–H groups in total. The lowest BCUT2D eigenvalue weighted by atomic mass is 9.95. The van der Waals surface area contributed by atoms with Gasteiger partial charge in [-0.25, -0.2) is 0 Å². The Hall–Kier alpha value is -2.80. The summed E-state index contributed by atoms with van der Waals surface area (Å²) in [5, 5.41) is 9.72. The van der Waals surface area contributed by atoms with Gasteiger partial charge in [0.2, 0.25) is 0 Å². The third kappa shape index (κ3) is 2.55. The van der Waals surface area contributed by atoms with Gasteiger partial charge in [0, 0.05) is 22.4 Å². The van der Waals surface area contributed by atoms with Crippen molar-refractivity contribution < 1.29 is 4.52 Å². The smallest absolute Gasteiger partial charge is 0.161 e. The minimum absolute atomic E-state index is 0.284. The lowest BCUT2D eigenvalue weighted by Crippen LogP contribution is -2.15. The highest BCUT2D eigenvalue weighted by molar-refractivity contribution is 7.13. The Morgan fingerprint density at radius 3 is 2.43 bits per heavy atom. The molecule has 2 heterocycles. The summed E-state index contributed by atoms with van der Waals surface area (Å²) in [6, 6.07) is 7.67. The normalized spacial score (nSPS) is 11.8. The van der Waals surface area contributed by atoms with Gasteiger partial charge < -0.3 is 21.8 Å². The number of aryl methyl sites for hydroxylation is 2. The summed E-state index contributed by atoms with van der Waals surface area (Å²) >= 11 is 1.49. The van der Waals surface area contributed by atoms with Gasteiger partial charge in [0.15, 0.2) is 5.84 Å². The van der Waals surface area contributed by atoms with Crippen LogP contribution in [0.1, 0.15) is 16.3 Å². The highest BCUT2D eigenvalue weighted by Crippen LogP contribution is 2.42. The van der Waals surface area contributed by atoms with Gasteiger partial charge in [0.05, 0.1) is 10.6 Å². The van der Waals surface area contributed by atoms with Gasteiger partial charge in [-0.1, -0.05) is 17.3 Å². The summed E-state index contributed by atoms with van der Waals surface area (Å²) < 4.78 is 5.32. The molecule has 0 atom stereocenters. The summed E-state index contributed by atoms with van der Waals surface area (Å²) in [5.41, 5.74) is 17.2. The van der Waals surface area contributed by atoms with Crippen LogP contribution in [0.15, 0.2) is 39.3 Å². The van der Waals surface area contributed by atoms with E-state index in [0.717, 1.165) is 38.6 Å². The molecule has 7 heteroatoms. The zero-order valence-corrected chi connectivity index (χ0v) is 13.6. The number of nitrogens with zero attached hydrogens (tertiary/aromatic N) is 2. The van der Waals surface area contributed by atoms with Gasteiger partial charge >= 0.3 is 0 Å². The van der Waals surface area contributed by atoms with Gasteiger partial charge in [-0.3, -0.25) is 0 Å². The standard InChI is InChI=1S/C16H17N5OS/c1-8-13(9(2)22-21-8)14-12(7-23-15(14)16(18)20-19)10-3-5-11(17)6-4-10/h3-7H,17,19H2,1-2H3,(H2,18,20). The number of hydrogen-bond donors (Lipinski definition) is 3. The molecule has 0 fully saturated rings. The van der Waals surface area contributed by atoms with Crippen molar-refractivity contribution in [3.05, 3.63) is 46.0 Å². The Kier molecular flexibility index (Phi) is 3.79. The maximum atomic E-state index is 5.98. The summed E-state index contributed by atoms with van der Waals surface area (Å²) in [6.45, 7) is 3.77. The van der Waals surface area contributed by atoms with E-state index in [1.807, 2.05) is 43.5 Å². The molecule has 0 radical (unpaired) electrons. The fourth-order valence-corrected chi connectivity index (χ4v) is 3.56. The highest BCUT2D eigenvalue weighted by atomic mass is 32.1. The largest absolute Gasteiger partial charge is 0.399 e. The van der Waals surface area contributed by atoms with E-state index >= 15 is 0 Å². The van der Waals surface area contributed by atoms with Crippen LogP contribution in [0.3, 0.4) is 0 Å². The van der Waals surface area contributed by atoms with E-state index in [1.54, 1.807) is 0 Å². The van der Waals surface area contributed by atoms with Crippen LogP contribution in [0.5, 0.6) is 0 Å². The summed E-state index contributed by atoms with van der Waals surface area (Å²) in [6.07, 6.45) is 0. The van der Waals surface area contributed by atoms with Crippen LogP contribution in [-0.2, 0) is 0 Å². The molecule has 2 aromatic heterocycles. The van der Waals surface area contributed by atoms with Crippen molar-refractivity contribution >= 4 is 22.9 Å². The molecule has 0 aliphatic heterocycles. The summed E-state index contributed by atoms with van der Waals surface area (Å²) in [7, 11) is 0. The molecule has 3 rings (SSSR count). The first kappa shape index (κ1) is 15.1. The molecular weight excluding hydrogens is 310 g/mol. The van der Waals surface area contributed by atoms with Crippen LogP contribution in [0.2, 0.25) is 0 Å². The molecule has 0 spiro atoms. The number of nitrogen functional groups attached to an aromatic ring is 1. The number of thiophene rings is 1. The average molecular weight is 327 g/mol. The monoisotopic (exact) mass is 327 g/mol. The number of rotatable bonds is 3. The third-order valence-electron chi connectivity index (χ3n) is 3.67. The van der Waals surface area contributed by atoms with Crippen molar-refractivity contribution in [2.75, 3.05) is 5.73 Å². The van der Waals surface area contributed by atoms with E-state index in [0.29, 0.717) is 5.69 Å². The molecule has 0 aliphatic carbocycles. The van der Waals surface area contributed by atoms with Crippen molar-refractivity contribution in [2.45, 2.75) is 13.8 Å². The molecule has 3 aromatic rings. The van der Waals surface area contributed by atoms with Crippen LogP contribution in [-0.4, -0.2) is 11.0 Å². The van der Waals surface area contributed by atoms with E-state index in [2.05, 4.69) is 10.3 Å². The molecule has 118 valence electrons. The van der Waals surface area contributed by atoms with Crippen molar-refractivity contribution in [2.24, 2.45) is 16.7 Å². The molecule has 0 saturated carbocycles. The zero-order valence-electron chi connectivity index (χ0n) is 12.8. The predicted octanol–water partition coefficient (Wildman–Crippen LogP) is 2.85. The number of nitrogens with two attached hydrogens (primary N) is 3. The van der Waals surface area contributed by atoms with Gasteiger partial charge in [0.1, 0.15) is 5.76 Å². The maximum absolute atomic E-state index is 5.98. The molecule has 1 aromatic carbocycles.